The van der Waals surface area contributed by atoms with Gasteiger partial charge < -0.3 is 20.2 Å². The summed E-state index contributed by atoms with van der Waals surface area (Å²) in [4.78, 5) is 46.5. The van der Waals surface area contributed by atoms with E-state index in [4.69, 9.17) is 4.74 Å². The average Bonchev–Trinajstić information content (AvgIpc) is 3.18. The lowest BCUT2D eigenvalue weighted by Gasteiger charge is -2.06. The summed E-state index contributed by atoms with van der Waals surface area (Å²) in [6.45, 7) is 4.95. The number of hydrogen-bond donors (Lipinski definition) is 1. The second-order valence-corrected chi connectivity index (χ2v) is 6.55. The van der Waals surface area contributed by atoms with Gasteiger partial charge in [-0.05, 0) is 31.3 Å². The van der Waals surface area contributed by atoms with Gasteiger partial charge in [-0.25, -0.2) is 4.79 Å². The first-order valence-corrected chi connectivity index (χ1v) is 8.85. The molecular formula is C16H18N4O6S. The number of esters is 1. The summed E-state index contributed by atoms with van der Waals surface area (Å²) in [7, 11) is 0. The highest BCUT2D eigenvalue weighted by atomic mass is 32.1. The fraction of sp³-hybridized carbons (Fsp3) is 0.375. The Morgan fingerprint density at radius 2 is 2.11 bits per heavy atom. The molecule has 0 aromatic carbocycles. The third-order valence-corrected chi connectivity index (χ3v) is 4.89. The Morgan fingerprint density at radius 1 is 1.41 bits per heavy atom. The van der Waals surface area contributed by atoms with E-state index in [2.05, 4.69) is 10.4 Å². The lowest BCUT2D eigenvalue weighted by atomic mass is 10.1. The molecule has 2 aromatic heterocycles. The molecule has 10 nitrogen and oxygen atoms in total. The Kier molecular flexibility index (Phi) is 6.40. The molecule has 144 valence electrons. The van der Waals surface area contributed by atoms with Crippen LogP contribution < -0.4 is 5.32 Å². The number of carbonyl (C=O) groups excluding carboxylic acids is 3. The van der Waals surface area contributed by atoms with Crippen LogP contribution in [0.5, 0.6) is 0 Å². The van der Waals surface area contributed by atoms with Gasteiger partial charge in [0.05, 0.1) is 41.0 Å². The van der Waals surface area contributed by atoms with Crippen molar-refractivity contribution in [1.29, 1.82) is 0 Å². The Hall–Kier alpha value is -3.08. The maximum absolute atomic E-state index is 12.2. The number of carbonyl (C=O) groups is 3. The molecule has 0 bridgehead atoms. The molecule has 1 amide bonds. The van der Waals surface area contributed by atoms with Crippen molar-refractivity contribution in [2.75, 3.05) is 11.9 Å². The molecule has 0 aliphatic heterocycles. The quantitative estimate of drug-likeness (QED) is 0.315. The zero-order valence-electron chi connectivity index (χ0n) is 15.0. The fourth-order valence-electron chi connectivity index (χ4n) is 2.36. The van der Waals surface area contributed by atoms with Crippen LogP contribution in [0, 0.1) is 17.0 Å². The van der Waals surface area contributed by atoms with E-state index >= 15 is 0 Å². The molecule has 0 aliphatic rings. The number of hydrogen-bond acceptors (Lipinski definition) is 8. The Labute approximate surface area is 158 Å². The molecule has 0 spiro atoms. The van der Waals surface area contributed by atoms with Gasteiger partial charge in [-0.15, -0.1) is 11.3 Å². The van der Waals surface area contributed by atoms with Gasteiger partial charge >= 0.3 is 11.8 Å². The second kappa shape index (κ2) is 8.54. The number of amides is 1. The van der Waals surface area contributed by atoms with Crippen molar-refractivity contribution in [3.63, 3.8) is 0 Å². The molecule has 27 heavy (non-hydrogen) atoms. The smallest absolute Gasteiger partial charge is 0.389 e. The lowest BCUT2D eigenvalue weighted by molar-refractivity contribution is -0.389. The van der Waals surface area contributed by atoms with Gasteiger partial charge in [0.1, 0.15) is 5.00 Å². The highest BCUT2D eigenvalue weighted by molar-refractivity contribution is 7.18. The number of nitrogens with one attached hydrogen (secondary N) is 1. The summed E-state index contributed by atoms with van der Waals surface area (Å²) in [5.74, 6) is -1.56. The summed E-state index contributed by atoms with van der Waals surface area (Å²) >= 11 is 1.01. The van der Waals surface area contributed by atoms with E-state index in [-0.39, 0.29) is 41.7 Å². The van der Waals surface area contributed by atoms with E-state index < -0.39 is 16.8 Å². The molecule has 0 unspecified atom stereocenters. The van der Waals surface area contributed by atoms with Crippen molar-refractivity contribution in [3.05, 3.63) is 38.4 Å². The van der Waals surface area contributed by atoms with E-state index in [0.717, 1.165) is 11.3 Å². The standard InChI is InChI=1S/C16H18N4O6S/c1-4-26-16(23)13-9(2)14(10(3)21)27-15(13)17-12(22)6-8-19-7-5-11(18-19)20(24)25/h5,7H,4,6,8H2,1-3H3,(H,17,22). The number of thiophene rings is 1. The molecule has 11 heteroatoms. The summed E-state index contributed by atoms with van der Waals surface area (Å²) in [5, 5.41) is 17.2. The van der Waals surface area contributed by atoms with Crippen LogP contribution in [0.3, 0.4) is 0 Å². The molecular weight excluding hydrogens is 376 g/mol. The van der Waals surface area contributed by atoms with Gasteiger partial charge in [0.25, 0.3) is 0 Å². The molecule has 0 saturated heterocycles. The number of nitrogens with zero attached hydrogens (tertiary/aromatic N) is 3. The Bertz CT molecular complexity index is 901. The van der Waals surface area contributed by atoms with Crippen LogP contribution in [-0.4, -0.2) is 39.0 Å². The van der Waals surface area contributed by atoms with Gasteiger partial charge in [-0.3, -0.25) is 9.59 Å². The lowest BCUT2D eigenvalue weighted by Crippen LogP contribution is -2.16. The zero-order chi connectivity index (χ0) is 20.1. The zero-order valence-corrected chi connectivity index (χ0v) is 15.8. The molecule has 1 N–H and O–H groups in total. The summed E-state index contributed by atoms with van der Waals surface area (Å²) in [6, 6.07) is 1.23. The van der Waals surface area contributed by atoms with Gasteiger partial charge in [-0.1, -0.05) is 0 Å². The first-order valence-electron chi connectivity index (χ1n) is 8.03. The van der Waals surface area contributed by atoms with Crippen molar-refractivity contribution in [1.82, 2.24) is 9.78 Å². The highest BCUT2D eigenvalue weighted by Crippen LogP contribution is 2.34. The predicted molar refractivity (Wildman–Crippen MR) is 97.1 cm³/mol. The van der Waals surface area contributed by atoms with Gasteiger partial charge in [-0.2, -0.15) is 4.68 Å². The van der Waals surface area contributed by atoms with Crippen LogP contribution in [0.15, 0.2) is 12.3 Å². The minimum absolute atomic E-state index is 0.0204. The van der Waals surface area contributed by atoms with Crippen LogP contribution in [0.25, 0.3) is 0 Å². The number of rotatable bonds is 8. The van der Waals surface area contributed by atoms with Crippen LogP contribution in [0.1, 0.15) is 45.9 Å². The Morgan fingerprint density at radius 3 is 2.67 bits per heavy atom. The first kappa shape index (κ1) is 20.2. The molecule has 0 atom stereocenters. The molecule has 2 heterocycles. The number of ketones is 1. The molecule has 0 saturated carbocycles. The summed E-state index contributed by atoms with van der Waals surface area (Å²) < 4.78 is 6.29. The number of nitro groups is 1. The molecule has 0 radical (unpaired) electrons. The van der Waals surface area contributed by atoms with Gasteiger partial charge in [0, 0.05) is 6.42 Å². The van der Waals surface area contributed by atoms with Crippen molar-refractivity contribution < 1.29 is 24.0 Å². The number of ether oxygens (including phenoxy) is 1. The maximum Gasteiger partial charge on any atom is 0.389 e. The number of anilines is 1. The van der Waals surface area contributed by atoms with Crippen LogP contribution in [0.2, 0.25) is 0 Å². The van der Waals surface area contributed by atoms with E-state index in [0.29, 0.717) is 10.4 Å². The number of Topliss-reactive ketones (excluding diaryl/α,β-unsaturated/α-hetero) is 1. The van der Waals surface area contributed by atoms with Gasteiger partial charge in [0.15, 0.2) is 5.78 Å². The summed E-state index contributed by atoms with van der Waals surface area (Å²) in [5.41, 5.74) is 0.624. The Balaban J connectivity index is 2.13. The van der Waals surface area contributed by atoms with E-state index in [1.807, 2.05) is 0 Å². The number of aryl methyl sites for hydroxylation is 1. The predicted octanol–water partition coefficient (Wildman–Crippen LogP) is 2.57. The molecule has 0 fully saturated rings. The second-order valence-electron chi connectivity index (χ2n) is 5.53. The molecule has 2 rings (SSSR count). The minimum atomic E-state index is -0.625. The number of aromatic nitrogens is 2. The van der Waals surface area contributed by atoms with E-state index in [9.17, 15) is 24.5 Å². The third-order valence-electron chi connectivity index (χ3n) is 3.58. The van der Waals surface area contributed by atoms with Crippen LogP contribution >= 0.6 is 11.3 Å². The molecule has 0 aliphatic carbocycles. The van der Waals surface area contributed by atoms with E-state index in [1.165, 1.54) is 23.9 Å². The average molecular weight is 394 g/mol. The van der Waals surface area contributed by atoms with E-state index in [1.54, 1.807) is 13.8 Å². The van der Waals surface area contributed by atoms with Crippen molar-refractivity contribution in [2.24, 2.45) is 0 Å². The van der Waals surface area contributed by atoms with Crippen molar-refractivity contribution in [2.45, 2.75) is 33.7 Å². The monoisotopic (exact) mass is 394 g/mol. The van der Waals surface area contributed by atoms with Gasteiger partial charge in [0.2, 0.25) is 5.91 Å². The fourth-order valence-corrected chi connectivity index (χ4v) is 3.47. The maximum atomic E-state index is 12.2. The molecule has 2 aromatic rings. The normalized spacial score (nSPS) is 10.5. The first-order chi connectivity index (χ1) is 12.7. The minimum Gasteiger partial charge on any atom is -0.462 e. The topological polar surface area (TPSA) is 133 Å². The van der Waals surface area contributed by atoms with Crippen LogP contribution in [-0.2, 0) is 16.1 Å². The van der Waals surface area contributed by atoms with Crippen LogP contribution in [0.4, 0.5) is 10.8 Å². The SMILES string of the molecule is CCOC(=O)c1c(NC(=O)CCn2ccc([N+](=O)[O-])n2)sc(C(C)=O)c1C. The largest absolute Gasteiger partial charge is 0.462 e. The summed E-state index contributed by atoms with van der Waals surface area (Å²) in [6.07, 6.45) is 1.38. The van der Waals surface area contributed by atoms with Crippen molar-refractivity contribution in [3.8, 4) is 0 Å². The third kappa shape index (κ3) is 4.76. The highest BCUT2D eigenvalue weighted by Gasteiger charge is 2.25. The van der Waals surface area contributed by atoms with Crippen molar-refractivity contribution >= 4 is 39.8 Å².